The molecule has 1 N–H and O–H groups in total. The van der Waals surface area contributed by atoms with Gasteiger partial charge in [-0.3, -0.25) is 0 Å². The van der Waals surface area contributed by atoms with Crippen molar-refractivity contribution in [3.05, 3.63) is 26.5 Å². The number of nitrogens with zero attached hydrogens (tertiary/aromatic N) is 1. The molecule has 5 heteroatoms. The molecule has 2 nitrogen and oxygen atoms in total. The minimum atomic E-state index is 0.760. The molecule has 2 heterocycles. The molecular weight excluding hydrogens is 316 g/mol. The number of aryl methyl sites for hydroxylation is 1. The molecule has 17 heavy (non-hydrogen) atoms. The van der Waals surface area contributed by atoms with Gasteiger partial charge in [-0.15, -0.1) is 22.7 Å². The van der Waals surface area contributed by atoms with E-state index < -0.39 is 0 Å². The number of aromatic nitrogens is 1. The Hall–Kier alpha value is -0.230. The molecule has 1 aliphatic carbocycles. The van der Waals surface area contributed by atoms with Crippen LogP contribution in [0.25, 0.3) is 9.88 Å². The van der Waals surface area contributed by atoms with Crippen LogP contribution in [0, 0.1) is 6.92 Å². The fourth-order valence-corrected chi connectivity index (χ4v) is 4.15. The second-order valence-electron chi connectivity index (χ2n) is 4.31. The van der Waals surface area contributed by atoms with Crippen molar-refractivity contribution in [2.45, 2.75) is 32.4 Å². The summed E-state index contributed by atoms with van der Waals surface area (Å²) in [4.78, 5) is 7.28. The summed E-state index contributed by atoms with van der Waals surface area (Å²) in [5.41, 5.74) is 1.17. The first-order chi connectivity index (χ1) is 8.22. The van der Waals surface area contributed by atoms with E-state index in [1.807, 2.05) is 11.3 Å². The molecule has 0 amide bonds. The third kappa shape index (κ3) is 2.78. The van der Waals surface area contributed by atoms with Crippen LogP contribution in [0.4, 0.5) is 0 Å². The largest absolute Gasteiger partial charge is 0.309 e. The fourth-order valence-electron chi connectivity index (χ4n) is 1.65. The third-order valence-corrected chi connectivity index (χ3v) is 5.82. The summed E-state index contributed by atoms with van der Waals surface area (Å²) in [6.07, 6.45) is 2.67. The summed E-state index contributed by atoms with van der Waals surface area (Å²) in [5, 5.41) is 6.80. The minimum absolute atomic E-state index is 0.760. The van der Waals surface area contributed by atoms with E-state index in [0.717, 1.165) is 22.1 Å². The topological polar surface area (TPSA) is 24.9 Å². The van der Waals surface area contributed by atoms with Crippen LogP contribution in [0.3, 0.4) is 0 Å². The summed E-state index contributed by atoms with van der Waals surface area (Å²) in [6.45, 7) is 3.08. The second-order valence-corrected chi connectivity index (χ2v) is 7.22. The maximum atomic E-state index is 4.66. The highest BCUT2D eigenvalue weighted by molar-refractivity contribution is 9.10. The Morgan fingerprint density at radius 2 is 2.35 bits per heavy atom. The zero-order chi connectivity index (χ0) is 11.8. The van der Waals surface area contributed by atoms with Crippen LogP contribution < -0.4 is 5.32 Å². The molecule has 90 valence electrons. The highest BCUT2D eigenvalue weighted by Gasteiger charge is 2.21. The number of nitrogens with one attached hydrogen (secondary N) is 1. The normalized spacial score (nSPS) is 15.4. The first-order valence-electron chi connectivity index (χ1n) is 5.66. The van der Waals surface area contributed by atoms with Gasteiger partial charge in [-0.25, -0.2) is 4.98 Å². The summed E-state index contributed by atoms with van der Waals surface area (Å²) in [6, 6.07) is 2.90. The van der Waals surface area contributed by atoms with Crippen molar-refractivity contribution >= 4 is 38.6 Å². The minimum Gasteiger partial charge on any atom is -0.309 e. The lowest BCUT2D eigenvalue weighted by Crippen LogP contribution is -2.14. The molecule has 0 atom stereocenters. The van der Waals surface area contributed by atoms with Crippen LogP contribution >= 0.6 is 38.6 Å². The Balaban J connectivity index is 1.79. The summed E-state index contributed by atoms with van der Waals surface area (Å²) in [5.74, 6) is 0. The predicted molar refractivity (Wildman–Crippen MR) is 77.7 cm³/mol. The van der Waals surface area contributed by atoms with E-state index in [-0.39, 0.29) is 0 Å². The first kappa shape index (κ1) is 11.8. The number of rotatable bonds is 4. The van der Waals surface area contributed by atoms with Gasteiger partial charge >= 0.3 is 0 Å². The molecule has 3 rings (SSSR count). The molecule has 0 aliphatic heterocycles. The van der Waals surface area contributed by atoms with Gasteiger partial charge in [0.25, 0.3) is 0 Å². The molecule has 0 unspecified atom stereocenters. The smallest absolute Gasteiger partial charge is 0.133 e. The lowest BCUT2D eigenvalue weighted by molar-refractivity contribution is 0.691. The molecule has 1 aliphatic rings. The van der Waals surface area contributed by atoms with Crippen molar-refractivity contribution < 1.29 is 0 Å². The molecule has 0 radical (unpaired) electrons. The van der Waals surface area contributed by atoms with E-state index in [4.69, 9.17) is 0 Å². The van der Waals surface area contributed by atoms with Gasteiger partial charge in [0, 0.05) is 27.3 Å². The number of thiazole rings is 1. The molecule has 0 aromatic carbocycles. The van der Waals surface area contributed by atoms with Crippen molar-refractivity contribution in [3.8, 4) is 9.88 Å². The van der Waals surface area contributed by atoms with Gasteiger partial charge in [-0.2, -0.15) is 0 Å². The standard InChI is InChI=1S/C12H13BrN2S2/c1-7-11(5-14-9-2-3-9)17-12(15-7)10-4-8(13)6-16-10/h4,6,9,14H,2-3,5H2,1H3. The maximum Gasteiger partial charge on any atom is 0.133 e. The van der Waals surface area contributed by atoms with Crippen LogP contribution in [0.1, 0.15) is 23.4 Å². The zero-order valence-corrected chi connectivity index (χ0v) is 12.7. The van der Waals surface area contributed by atoms with Gasteiger partial charge < -0.3 is 5.32 Å². The Labute approximate surface area is 117 Å². The number of hydrogen-bond acceptors (Lipinski definition) is 4. The molecule has 0 saturated heterocycles. The molecule has 0 bridgehead atoms. The van der Waals surface area contributed by atoms with Crippen LogP contribution in [0.15, 0.2) is 15.9 Å². The van der Waals surface area contributed by atoms with Gasteiger partial charge in [0.15, 0.2) is 0 Å². The van der Waals surface area contributed by atoms with Crippen molar-refractivity contribution in [2.24, 2.45) is 0 Å². The van der Waals surface area contributed by atoms with Crippen molar-refractivity contribution in [1.82, 2.24) is 10.3 Å². The molecule has 2 aromatic heterocycles. The van der Waals surface area contributed by atoms with E-state index in [9.17, 15) is 0 Å². The Bertz CT molecular complexity index is 528. The SMILES string of the molecule is Cc1nc(-c2cc(Br)cs2)sc1CNC1CC1. The lowest BCUT2D eigenvalue weighted by Gasteiger charge is -1.99. The van der Waals surface area contributed by atoms with Gasteiger partial charge in [0.05, 0.1) is 10.6 Å². The second kappa shape index (κ2) is 4.80. The Kier molecular flexibility index (Phi) is 3.34. The quantitative estimate of drug-likeness (QED) is 0.909. The molecule has 1 fully saturated rings. The molecule has 0 spiro atoms. The van der Waals surface area contributed by atoms with Crippen molar-refractivity contribution in [3.63, 3.8) is 0 Å². The first-order valence-corrected chi connectivity index (χ1v) is 8.15. The average molecular weight is 329 g/mol. The van der Waals surface area contributed by atoms with Crippen LogP contribution in [-0.4, -0.2) is 11.0 Å². The molecule has 1 saturated carbocycles. The fraction of sp³-hybridized carbons (Fsp3) is 0.417. The number of thiophene rings is 1. The highest BCUT2D eigenvalue weighted by atomic mass is 79.9. The van der Waals surface area contributed by atoms with E-state index >= 15 is 0 Å². The van der Waals surface area contributed by atoms with E-state index in [1.54, 1.807) is 11.3 Å². The molecular formula is C12H13BrN2S2. The van der Waals surface area contributed by atoms with Crippen molar-refractivity contribution in [2.75, 3.05) is 0 Å². The number of hydrogen-bond donors (Lipinski definition) is 1. The van der Waals surface area contributed by atoms with Crippen LogP contribution in [-0.2, 0) is 6.54 Å². The van der Waals surface area contributed by atoms with Gasteiger partial charge in [0.1, 0.15) is 5.01 Å². The summed E-state index contributed by atoms with van der Waals surface area (Å²) < 4.78 is 1.14. The zero-order valence-electron chi connectivity index (χ0n) is 9.50. The van der Waals surface area contributed by atoms with Crippen molar-refractivity contribution in [1.29, 1.82) is 0 Å². The van der Waals surface area contributed by atoms with Crippen LogP contribution in [0.2, 0.25) is 0 Å². The van der Waals surface area contributed by atoms with Gasteiger partial charge in [0.2, 0.25) is 0 Å². The average Bonchev–Trinajstić information content (AvgIpc) is 2.92. The summed E-state index contributed by atoms with van der Waals surface area (Å²) >= 11 is 7.04. The lowest BCUT2D eigenvalue weighted by atomic mass is 10.4. The molecule has 2 aromatic rings. The Morgan fingerprint density at radius 3 is 3.00 bits per heavy atom. The predicted octanol–water partition coefficient (Wildman–Crippen LogP) is 4.19. The Morgan fingerprint density at radius 1 is 1.53 bits per heavy atom. The van der Waals surface area contributed by atoms with E-state index in [2.05, 4.69) is 44.6 Å². The van der Waals surface area contributed by atoms with Crippen LogP contribution in [0.5, 0.6) is 0 Å². The van der Waals surface area contributed by atoms with E-state index in [1.165, 1.54) is 28.3 Å². The monoisotopic (exact) mass is 328 g/mol. The van der Waals surface area contributed by atoms with E-state index in [0.29, 0.717) is 0 Å². The highest BCUT2D eigenvalue weighted by Crippen LogP contribution is 2.34. The maximum absolute atomic E-state index is 4.66. The van der Waals surface area contributed by atoms with Gasteiger partial charge in [-0.05, 0) is 41.8 Å². The third-order valence-electron chi connectivity index (χ3n) is 2.80. The summed E-state index contributed by atoms with van der Waals surface area (Å²) in [7, 11) is 0. The van der Waals surface area contributed by atoms with Gasteiger partial charge in [-0.1, -0.05) is 0 Å². The number of halogens is 1.